The van der Waals surface area contributed by atoms with Gasteiger partial charge in [-0.1, -0.05) is 35.3 Å². The molecule has 1 unspecified atom stereocenters. The lowest BCUT2D eigenvalue weighted by Gasteiger charge is -2.03. The van der Waals surface area contributed by atoms with Crippen molar-refractivity contribution in [2.24, 2.45) is 5.73 Å². The number of pyridine rings is 1. The van der Waals surface area contributed by atoms with Gasteiger partial charge in [-0.2, -0.15) is 0 Å². The fraction of sp³-hybridized carbons (Fsp3) is 0.333. The number of benzene rings is 1. The first kappa shape index (κ1) is 20.6. The van der Waals surface area contributed by atoms with Crippen LogP contribution in [0.5, 0.6) is 0 Å². The number of nitrogens with zero attached hydrogens (tertiary/aromatic N) is 1. The molecule has 0 aliphatic rings. The van der Waals surface area contributed by atoms with Gasteiger partial charge in [-0.05, 0) is 37.8 Å². The summed E-state index contributed by atoms with van der Waals surface area (Å²) >= 11 is 2.73. The molecule has 0 amide bonds. The number of ether oxygens (including phenoxy) is 1. The first-order chi connectivity index (χ1) is 10.6. The van der Waals surface area contributed by atoms with E-state index in [2.05, 4.69) is 39.8 Å². The maximum absolute atomic E-state index is 9.99. The maximum atomic E-state index is 9.99. The molecule has 5 nitrogen and oxygen atoms in total. The molecule has 0 saturated carbocycles. The number of hydrogen-bond acceptors (Lipinski definition) is 6. The number of hydrogen-bond donors (Lipinski definition) is 1. The minimum absolute atomic E-state index is 0.156. The molecule has 0 aliphatic heterocycles. The Hall–Kier alpha value is -1.41. The van der Waals surface area contributed by atoms with E-state index in [0.717, 1.165) is 5.52 Å². The van der Waals surface area contributed by atoms with E-state index in [9.17, 15) is 8.76 Å². The summed E-state index contributed by atoms with van der Waals surface area (Å²) in [6.07, 6.45) is 2.89. The zero-order valence-corrected chi connectivity index (χ0v) is 14.4. The molecular weight excluding hydrogens is 320 g/mol. The molecule has 0 saturated heterocycles. The third kappa shape index (κ3) is 9.51. The van der Waals surface area contributed by atoms with Gasteiger partial charge in [-0.15, -0.1) is 0 Å². The van der Waals surface area contributed by atoms with E-state index in [-0.39, 0.29) is 5.75 Å². The topological polar surface area (TPSA) is 88.3 Å². The van der Waals surface area contributed by atoms with Crippen molar-refractivity contribution in [2.75, 3.05) is 19.9 Å². The van der Waals surface area contributed by atoms with Crippen molar-refractivity contribution in [1.29, 1.82) is 0 Å². The standard InChI is InChI=1S/C9H7N.C5H10O3S2.CH5N/c1-2-6-9-8(4-1)5-3-7-10-9;1-8-5(9)3-2-4-10(6)7;1-2/h1-7H;2-4H2,1H3,(H,6,7);2H2,1H3/p-1. The molecule has 1 atom stereocenters. The molecule has 1 aromatic heterocycles. The largest absolute Gasteiger partial charge is 0.772 e. The Morgan fingerprint density at radius 2 is 1.95 bits per heavy atom. The summed E-state index contributed by atoms with van der Waals surface area (Å²) in [7, 11) is 2.98. The van der Waals surface area contributed by atoms with Gasteiger partial charge in [0.25, 0.3) is 0 Å². The number of nitrogens with two attached hydrogens (primary N) is 1. The van der Waals surface area contributed by atoms with Crippen molar-refractivity contribution >= 4 is 39.3 Å². The van der Waals surface area contributed by atoms with Crippen molar-refractivity contribution < 1.29 is 13.5 Å². The molecule has 22 heavy (non-hydrogen) atoms. The van der Waals surface area contributed by atoms with E-state index < -0.39 is 11.1 Å². The summed E-state index contributed by atoms with van der Waals surface area (Å²) in [6.45, 7) is 0. The Labute approximate surface area is 139 Å². The van der Waals surface area contributed by atoms with E-state index in [1.807, 2.05) is 30.5 Å². The summed E-state index contributed by atoms with van der Waals surface area (Å²) in [5.74, 6) is 0.156. The molecule has 2 rings (SSSR count). The zero-order valence-electron chi connectivity index (χ0n) is 12.7. The van der Waals surface area contributed by atoms with Crippen molar-refractivity contribution in [3.8, 4) is 0 Å². The van der Waals surface area contributed by atoms with Crippen molar-refractivity contribution in [1.82, 2.24) is 4.98 Å². The number of rotatable bonds is 4. The van der Waals surface area contributed by atoms with Gasteiger partial charge >= 0.3 is 0 Å². The van der Waals surface area contributed by atoms with E-state index in [0.29, 0.717) is 17.9 Å². The second kappa shape index (κ2) is 13.3. The van der Waals surface area contributed by atoms with E-state index in [1.54, 1.807) is 0 Å². The first-order valence-corrected chi connectivity index (χ1v) is 8.29. The molecule has 2 aromatic rings. The van der Waals surface area contributed by atoms with Crippen LogP contribution in [0.2, 0.25) is 0 Å². The molecular formula is C15H21N2O3S2-. The van der Waals surface area contributed by atoms with Gasteiger partial charge in [0.1, 0.15) is 0 Å². The van der Waals surface area contributed by atoms with Gasteiger partial charge in [0.2, 0.25) is 0 Å². The second-order valence-electron chi connectivity index (χ2n) is 3.88. The summed E-state index contributed by atoms with van der Waals surface area (Å²) in [4.78, 5) is 4.18. The average Bonchev–Trinajstić information content (AvgIpc) is 2.57. The van der Waals surface area contributed by atoms with Crippen LogP contribution in [0.15, 0.2) is 42.6 Å². The Kier molecular flexibility index (Phi) is 12.4. The molecule has 0 spiro atoms. The Balaban J connectivity index is 0.000000360. The van der Waals surface area contributed by atoms with Crippen LogP contribution in [-0.2, 0) is 15.8 Å². The third-order valence-corrected chi connectivity index (χ3v) is 3.42. The fourth-order valence-electron chi connectivity index (χ4n) is 1.45. The van der Waals surface area contributed by atoms with Gasteiger partial charge in [-0.25, -0.2) is 0 Å². The Morgan fingerprint density at radius 1 is 1.32 bits per heavy atom. The van der Waals surface area contributed by atoms with Gasteiger partial charge in [0.15, 0.2) is 5.05 Å². The molecule has 0 radical (unpaired) electrons. The van der Waals surface area contributed by atoms with Crippen LogP contribution < -0.4 is 5.73 Å². The highest BCUT2D eigenvalue weighted by atomic mass is 32.2. The number of para-hydroxylation sites is 1. The lowest BCUT2D eigenvalue weighted by molar-refractivity contribution is 0.401. The molecule has 1 heterocycles. The maximum Gasteiger partial charge on any atom is 0.159 e. The SMILES string of the molecule is CN.COC(=S)CCCS(=O)[O-].c1ccc2ncccc2c1. The summed E-state index contributed by atoms with van der Waals surface area (Å²) in [5, 5.41) is 1.66. The summed E-state index contributed by atoms with van der Waals surface area (Å²) < 4.78 is 24.6. The van der Waals surface area contributed by atoms with Crippen LogP contribution in [0.3, 0.4) is 0 Å². The Bertz CT molecular complexity index is 514. The third-order valence-electron chi connectivity index (χ3n) is 2.43. The van der Waals surface area contributed by atoms with Gasteiger partial charge in [0.05, 0.1) is 12.6 Å². The van der Waals surface area contributed by atoms with Crippen LogP contribution in [-0.4, -0.2) is 38.7 Å². The number of thiocarbonyl (C=S) groups is 1. The van der Waals surface area contributed by atoms with Crippen molar-refractivity contribution in [3.05, 3.63) is 42.6 Å². The van der Waals surface area contributed by atoms with E-state index in [4.69, 9.17) is 0 Å². The van der Waals surface area contributed by atoms with Crippen LogP contribution in [0.4, 0.5) is 0 Å². The average molecular weight is 341 g/mol. The van der Waals surface area contributed by atoms with Crippen LogP contribution >= 0.6 is 12.2 Å². The van der Waals surface area contributed by atoms with Crippen LogP contribution in [0.1, 0.15) is 12.8 Å². The smallest absolute Gasteiger partial charge is 0.159 e. The lowest BCUT2D eigenvalue weighted by Crippen LogP contribution is -2.01. The molecule has 122 valence electrons. The lowest BCUT2D eigenvalue weighted by atomic mass is 10.2. The highest BCUT2D eigenvalue weighted by molar-refractivity contribution is 7.80. The normalized spacial score (nSPS) is 10.5. The van der Waals surface area contributed by atoms with Crippen molar-refractivity contribution in [3.63, 3.8) is 0 Å². The van der Waals surface area contributed by atoms with Gasteiger partial charge in [0, 0.05) is 23.8 Å². The molecule has 2 N–H and O–H groups in total. The summed E-state index contributed by atoms with van der Waals surface area (Å²) in [5.41, 5.74) is 5.56. The van der Waals surface area contributed by atoms with Crippen LogP contribution in [0, 0.1) is 0 Å². The molecule has 1 aromatic carbocycles. The number of methoxy groups -OCH3 is 1. The van der Waals surface area contributed by atoms with Crippen LogP contribution in [0.25, 0.3) is 10.9 Å². The van der Waals surface area contributed by atoms with Crippen molar-refractivity contribution in [2.45, 2.75) is 12.8 Å². The minimum atomic E-state index is -1.95. The fourth-order valence-corrected chi connectivity index (χ4v) is 1.98. The molecule has 7 heteroatoms. The van der Waals surface area contributed by atoms with E-state index >= 15 is 0 Å². The zero-order chi connectivity index (χ0) is 16.8. The monoisotopic (exact) mass is 341 g/mol. The predicted octanol–water partition coefficient (Wildman–Crippen LogP) is 2.43. The minimum Gasteiger partial charge on any atom is -0.772 e. The molecule has 0 bridgehead atoms. The summed E-state index contributed by atoms with van der Waals surface area (Å²) in [6, 6.07) is 12.1. The highest BCUT2D eigenvalue weighted by Crippen LogP contribution is 2.07. The number of aromatic nitrogens is 1. The second-order valence-corrected chi connectivity index (χ2v) is 5.35. The van der Waals surface area contributed by atoms with Gasteiger partial charge in [-0.3, -0.25) is 9.19 Å². The Morgan fingerprint density at radius 3 is 2.55 bits per heavy atom. The van der Waals surface area contributed by atoms with Gasteiger partial charge < -0.3 is 15.0 Å². The predicted molar refractivity (Wildman–Crippen MR) is 94.5 cm³/mol. The first-order valence-electron chi connectivity index (χ1n) is 6.63. The quantitative estimate of drug-likeness (QED) is 0.679. The molecule has 0 fully saturated rings. The highest BCUT2D eigenvalue weighted by Gasteiger charge is 1.93. The molecule has 0 aliphatic carbocycles. The van der Waals surface area contributed by atoms with E-state index in [1.165, 1.54) is 19.5 Å². The number of fused-ring (bicyclic) bond motifs is 1.